The molecule has 1 saturated heterocycles. The maximum absolute atomic E-state index is 11.8. The first-order valence-electron chi connectivity index (χ1n) is 9.88. The molecule has 0 bridgehead atoms. The maximum atomic E-state index is 11.8. The Balaban J connectivity index is 1.71. The number of aliphatic hydroxyl groups excluding tert-OH is 1. The third-order valence-corrected chi connectivity index (χ3v) is 7.74. The van der Waals surface area contributed by atoms with Crippen LogP contribution in [0.1, 0.15) is 32.1 Å². The number of nitrogens with zero attached hydrogens (tertiary/aromatic N) is 5. The average molecular weight is 423 g/mol. The van der Waals surface area contributed by atoms with Crippen LogP contribution in [-0.2, 0) is 10.8 Å². The van der Waals surface area contributed by atoms with Gasteiger partial charge in [0.05, 0.1) is 6.61 Å². The Labute approximate surface area is 171 Å². The zero-order valence-electron chi connectivity index (χ0n) is 15.8. The lowest BCUT2D eigenvalue weighted by Gasteiger charge is -2.28. The standard InChI is InChI=1S/C18H26N6O2S2/c25-9-6-19-18-22-15-14(16(23-18)24-7-10-28(26)11-8-24)20-12-21-17(15)27-13-4-2-1-3-5-13/h12-13,25H,1-11H2,(H,19,22,23). The second-order valence-electron chi connectivity index (χ2n) is 7.11. The molecule has 0 atom stereocenters. The summed E-state index contributed by atoms with van der Waals surface area (Å²) in [4.78, 5) is 20.5. The van der Waals surface area contributed by atoms with E-state index in [2.05, 4.69) is 30.2 Å². The van der Waals surface area contributed by atoms with Gasteiger partial charge in [-0.25, -0.2) is 15.0 Å². The molecule has 1 saturated carbocycles. The average Bonchev–Trinajstić information content (AvgIpc) is 2.73. The van der Waals surface area contributed by atoms with Gasteiger partial charge in [0.1, 0.15) is 22.4 Å². The second kappa shape index (κ2) is 9.32. The van der Waals surface area contributed by atoms with Crippen molar-refractivity contribution < 1.29 is 9.32 Å². The molecule has 3 heterocycles. The highest BCUT2D eigenvalue weighted by molar-refractivity contribution is 8.00. The van der Waals surface area contributed by atoms with Crippen LogP contribution in [0.3, 0.4) is 0 Å². The van der Waals surface area contributed by atoms with Crippen LogP contribution in [0, 0.1) is 0 Å². The zero-order chi connectivity index (χ0) is 19.3. The van der Waals surface area contributed by atoms with Crippen molar-refractivity contribution in [3.63, 3.8) is 0 Å². The molecule has 10 heteroatoms. The molecule has 2 aromatic heterocycles. The number of aromatic nitrogens is 4. The van der Waals surface area contributed by atoms with E-state index in [1.807, 2.05) is 0 Å². The number of nitrogens with one attached hydrogen (secondary N) is 1. The fourth-order valence-electron chi connectivity index (χ4n) is 3.66. The van der Waals surface area contributed by atoms with E-state index in [9.17, 15) is 4.21 Å². The summed E-state index contributed by atoms with van der Waals surface area (Å²) in [5.74, 6) is 2.51. The van der Waals surface area contributed by atoms with Crippen LogP contribution in [0.25, 0.3) is 11.0 Å². The third-order valence-electron chi connectivity index (χ3n) is 5.13. The number of hydrogen-bond donors (Lipinski definition) is 2. The van der Waals surface area contributed by atoms with Gasteiger partial charge < -0.3 is 15.3 Å². The minimum atomic E-state index is -0.759. The fraction of sp³-hybridized carbons (Fsp3) is 0.667. The lowest BCUT2D eigenvalue weighted by Crippen LogP contribution is -2.38. The Morgan fingerprint density at radius 1 is 1.14 bits per heavy atom. The molecular formula is C18H26N6O2S2. The van der Waals surface area contributed by atoms with E-state index in [1.165, 1.54) is 32.1 Å². The number of aliphatic hydroxyl groups is 1. The minimum Gasteiger partial charge on any atom is -0.395 e. The van der Waals surface area contributed by atoms with E-state index in [4.69, 9.17) is 5.11 Å². The second-order valence-corrected chi connectivity index (χ2v) is 10.1. The molecule has 152 valence electrons. The van der Waals surface area contributed by atoms with Gasteiger partial charge >= 0.3 is 0 Å². The normalized spacial score (nSPS) is 19.2. The molecule has 1 aliphatic heterocycles. The van der Waals surface area contributed by atoms with Crippen molar-refractivity contribution in [2.75, 3.05) is 48.0 Å². The molecule has 0 spiro atoms. The minimum absolute atomic E-state index is 0.00833. The quantitative estimate of drug-likeness (QED) is 0.675. The van der Waals surface area contributed by atoms with Gasteiger partial charge in [-0.15, -0.1) is 11.8 Å². The number of thioether (sulfide) groups is 1. The first kappa shape index (κ1) is 19.8. The summed E-state index contributed by atoms with van der Waals surface area (Å²) in [6.07, 6.45) is 7.89. The van der Waals surface area contributed by atoms with Crippen molar-refractivity contribution >= 4 is 45.4 Å². The van der Waals surface area contributed by atoms with Crippen molar-refractivity contribution in [1.82, 2.24) is 19.9 Å². The van der Waals surface area contributed by atoms with Crippen molar-refractivity contribution in [3.8, 4) is 0 Å². The molecule has 2 aromatic rings. The van der Waals surface area contributed by atoms with E-state index in [0.29, 0.717) is 42.3 Å². The number of rotatable bonds is 6. The van der Waals surface area contributed by atoms with Crippen LogP contribution in [-0.4, -0.2) is 72.2 Å². The smallest absolute Gasteiger partial charge is 0.225 e. The summed E-state index contributed by atoms with van der Waals surface area (Å²) >= 11 is 1.80. The molecule has 2 fully saturated rings. The first-order chi connectivity index (χ1) is 13.7. The van der Waals surface area contributed by atoms with Crippen LogP contribution in [0.2, 0.25) is 0 Å². The number of hydrogen-bond acceptors (Lipinski definition) is 9. The summed E-state index contributed by atoms with van der Waals surface area (Å²) in [5, 5.41) is 13.7. The molecular weight excluding hydrogens is 396 g/mol. The summed E-state index contributed by atoms with van der Waals surface area (Å²) in [6.45, 7) is 1.77. The molecule has 28 heavy (non-hydrogen) atoms. The van der Waals surface area contributed by atoms with Gasteiger partial charge in [-0.3, -0.25) is 4.21 Å². The predicted molar refractivity (Wildman–Crippen MR) is 114 cm³/mol. The molecule has 0 aromatic carbocycles. The molecule has 0 radical (unpaired) electrons. The van der Waals surface area contributed by atoms with Crippen LogP contribution >= 0.6 is 11.8 Å². The number of anilines is 2. The molecule has 2 N–H and O–H groups in total. The highest BCUT2D eigenvalue weighted by Gasteiger charge is 2.24. The SMILES string of the molecule is O=S1CCN(c2nc(NCCO)nc3c(SC4CCCCC4)ncnc23)CC1. The lowest BCUT2D eigenvalue weighted by molar-refractivity contribution is 0.311. The summed E-state index contributed by atoms with van der Waals surface area (Å²) in [7, 11) is -0.759. The summed E-state index contributed by atoms with van der Waals surface area (Å²) in [5.41, 5.74) is 1.51. The monoisotopic (exact) mass is 422 g/mol. The van der Waals surface area contributed by atoms with Gasteiger partial charge in [-0.1, -0.05) is 19.3 Å². The topological polar surface area (TPSA) is 104 Å². The third kappa shape index (κ3) is 4.55. The van der Waals surface area contributed by atoms with Gasteiger partial charge in [0, 0.05) is 47.2 Å². The summed E-state index contributed by atoms with van der Waals surface area (Å²) < 4.78 is 11.8. The van der Waals surface area contributed by atoms with Crippen molar-refractivity contribution in [2.24, 2.45) is 0 Å². The van der Waals surface area contributed by atoms with Crippen LogP contribution < -0.4 is 10.2 Å². The maximum Gasteiger partial charge on any atom is 0.225 e. The molecule has 0 amide bonds. The highest BCUT2D eigenvalue weighted by Crippen LogP contribution is 2.36. The lowest BCUT2D eigenvalue weighted by atomic mass is 10.0. The van der Waals surface area contributed by atoms with Gasteiger partial charge in [0.15, 0.2) is 5.82 Å². The van der Waals surface area contributed by atoms with Crippen LogP contribution in [0.15, 0.2) is 11.4 Å². The van der Waals surface area contributed by atoms with Crippen LogP contribution in [0.4, 0.5) is 11.8 Å². The Hall–Kier alpha value is -1.52. The molecule has 4 rings (SSSR count). The molecule has 2 aliphatic rings. The van der Waals surface area contributed by atoms with E-state index in [1.54, 1.807) is 18.1 Å². The largest absolute Gasteiger partial charge is 0.395 e. The molecule has 8 nitrogen and oxygen atoms in total. The van der Waals surface area contributed by atoms with Crippen LogP contribution in [0.5, 0.6) is 0 Å². The zero-order valence-corrected chi connectivity index (χ0v) is 17.5. The first-order valence-corrected chi connectivity index (χ1v) is 12.3. The number of fused-ring (bicyclic) bond motifs is 1. The van der Waals surface area contributed by atoms with Crippen molar-refractivity contribution in [1.29, 1.82) is 0 Å². The Morgan fingerprint density at radius 3 is 2.68 bits per heavy atom. The van der Waals surface area contributed by atoms with E-state index in [0.717, 1.165) is 21.9 Å². The van der Waals surface area contributed by atoms with Gasteiger partial charge in [-0.05, 0) is 12.8 Å². The Bertz CT molecular complexity index is 836. The Kier molecular flexibility index (Phi) is 6.58. The molecule has 0 unspecified atom stereocenters. The Morgan fingerprint density at radius 2 is 1.93 bits per heavy atom. The van der Waals surface area contributed by atoms with Crippen molar-refractivity contribution in [2.45, 2.75) is 42.4 Å². The van der Waals surface area contributed by atoms with E-state index < -0.39 is 10.8 Å². The predicted octanol–water partition coefficient (Wildman–Crippen LogP) is 1.82. The van der Waals surface area contributed by atoms with Gasteiger partial charge in [0.2, 0.25) is 5.95 Å². The van der Waals surface area contributed by atoms with Crippen molar-refractivity contribution in [3.05, 3.63) is 6.33 Å². The fourth-order valence-corrected chi connectivity index (χ4v) is 5.95. The summed E-state index contributed by atoms with van der Waals surface area (Å²) in [6, 6.07) is 0. The van der Waals surface area contributed by atoms with E-state index >= 15 is 0 Å². The van der Waals surface area contributed by atoms with Gasteiger partial charge in [0.25, 0.3) is 0 Å². The molecule has 1 aliphatic carbocycles. The van der Waals surface area contributed by atoms with Gasteiger partial charge in [-0.2, -0.15) is 4.98 Å². The van der Waals surface area contributed by atoms with E-state index in [-0.39, 0.29) is 6.61 Å². The highest BCUT2D eigenvalue weighted by atomic mass is 32.2.